The third-order valence-corrected chi connectivity index (χ3v) is 3.90. The molecule has 0 unspecified atom stereocenters. The van der Waals surface area contributed by atoms with E-state index >= 15 is 0 Å². The summed E-state index contributed by atoms with van der Waals surface area (Å²) in [5.41, 5.74) is 4.81. The number of hydrogen-bond acceptors (Lipinski definition) is 4. The lowest BCUT2D eigenvalue weighted by molar-refractivity contribution is 1.22. The highest BCUT2D eigenvalue weighted by atomic mass is 79.9. The van der Waals surface area contributed by atoms with Gasteiger partial charge in [0.15, 0.2) is 0 Å². The van der Waals surface area contributed by atoms with Gasteiger partial charge in [-0.3, -0.25) is 0 Å². The monoisotopic (exact) mass is 320 g/mol. The zero-order valence-electron chi connectivity index (χ0n) is 9.22. The Balaban J connectivity index is 1.74. The number of hydrazone groups is 1. The van der Waals surface area contributed by atoms with Crippen LogP contribution in [0, 0.1) is 0 Å². The number of nitrogens with zero attached hydrogens (tertiary/aromatic N) is 2. The molecule has 1 aromatic carbocycles. The van der Waals surface area contributed by atoms with Crippen LogP contribution in [-0.2, 0) is 0 Å². The molecule has 3 aromatic rings. The topological polar surface area (TPSA) is 53.1 Å². The smallest absolute Gasteiger partial charge is 0.222 e. The Kier molecular flexibility index (Phi) is 3.12. The van der Waals surface area contributed by atoms with Crippen LogP contribution < -0.4 is 5.43 Å². The zero-order valence-corrected chi connectivity index (χ0v) is 11.6. The molecule has 0 radical (unpaired) electrons. The van der Waals surface area contributed by atoms with Gasteiger partial charge in [0.05, 0.1) is 21.0 Å². The van der Waals surface area contributed by atoms with Crippen LogP contribution >= 0.6 is 27.3 Å². The number of thiophene rings is 1. The van der Waals surface area contributed by atoms with Crippen LogP contribution in [0.1, 0.15) is 4.88 Å². The lowest BCUT2D eigenvalue weighted by Crippen LogP contribution is -1.90. The summed E-state index contributed by atoms with van der Waals surface area (Å²) in [5, 5.41) is 4.14. The molecule has 0 aliphatic heterocycles. The number of nitrogens with one attached hydrogen (secondary N) is 2. The van der Waals surface area contributed by atoms with E-state index in [1.54, 1.807) is 17.6 Å². The Morgan fingerprint density at radius 3 is 2.94 bits per heavy atom. The maximum atomic E-state index is 4.36. The number of benzene rings is 1. The van der Waals surface area contributed by atoms with Gasteiger partial charge in [0.1, 0.15) is 0 Å². The molecule has 0 fully saturated rings. The summed E-state index contributed by atoms with van der Waals surface area (Å²) in [4.78, 5) is 8.58. The highest BCUT2D eigenvalue weighted by Crippen LogP contribution is 2.20. The molecule has 4 nitrogen and oxygen atoms in total. The number of aromatic amines is 1. The van der Waals surface area contributed by atoms with Gasteiger partial charge in [0.25, 0.3) is 0 Å². The normalized spacial score (nSPS) is 11.4. The van der Waals surface area contributed by atoms with E-state index in [1.807, 2.05) is 36.4 Å². The molecule has 18 heavy (non-hydrogen) atoms. The fourth-order valence-corrected chi connectivity index (χ4v) is 2.86. The summed E-state index contributed by atoms with van der Waals surface area (Å²) in [6.07, 6.45) is 1.77. The van der Waals surface area contributed by atoms with E-state index < -0.39 is 0 Å². The summed E-state index contributed by atoms with van der Waals surface area (Å²) in [7, 11) is 0. The van der Waals surface area contributed by atoms with E-state index in [2.05, 4.69) is 36.4 Å². The molecular weight excluding hydrogens is 312 g/mol. The molecule has 2 heterocycles. The van der Waals surface area contributed by atoms with Crippen molar-refractivity contribution in [3.8, 4) is 0 Å². The maximum absolute atomic E-state index is 4.36. The van der Waals surface area contributed by atoms with Crippen molar-refractivity contribution < 1.29 is 0 Å². The molecule has 2 aromatic heterocycles. The standard InChI is InChI=1S/C12H9BrN4S/c13-11-6-5-8(18-11)7-14-17-12-15-9-3-1-2-4-10(9)16-12/h1-7H,(H2,15,16,17)/b14-7-. The van der Waals surface area contributed by atoms with Gasteiger partial charge in [-0.2, -0.15) is 5.10 Å². The number of halogens is 1. The zero-order chi connectivity index (χ0) is 12.4. The summed E-state index contributed by atoms with van der Waals surface area (Å²) in [6.45, 7) is 0. The highest BCUT2D eigenvalue weighted by Gasteiger charge is 1.99. The molecule has 0 atom stereocenters. The Labute approximate surface area is 116 Å². The average molecular weight is 321 g/mol. The Hall–Kier alpha value is -1.66. The van der Waals surface area contributed by atoms with Crippen LogP contribution in [0.4, 0.5) is 5.95 Å². The molecule has 6 heteroatoms. The molecule has 0 aliphatic rings. The van der Waals surface area contributed by atoms with E-state index in [-0.39, 0.29) is 0 Å². The number of fused-ring (bicyclic) bond motifs is 1. The molecular formula is C12H9BrN4S. The predicted octanol–water partition coefficient (Wildman–Crippen LogP) is 3.83. The van der Waals surface area contributed by atoms with Crippen molar-refractivity contribution >= 4 is 50.5 Å². The first-order valence-electron chi connectivity index (χ1n) is 5.30. The van der Waals surface area contributed by atoms with Crippen LogP contribution in [0.3, 0.4) is 0 Å². The predicted molar refractivity (Wildman–Crippen MR) is 79.3 cm³/mol. The first-order chi connectivity index (χ1) is 8.81. The minimum Gasteiger partial charge on any atom is -0.323 e. The van der Waals surface area contributed by atoms with Gasteiger partial charge in [0.2, 0.25) is 5.95 Å². The van der Waals surface area contributed by atoms with Crippen LogP contribution in [0.2, 0.25) is 0 Å². The molecule has 0 bridgehead atoms. The number of imidazole rings is 1. The van der Waals surface area contributed by atoms with Gasteiger partial charge < -0.3 is 4.98 Å². The average Bonchev–Trinajstić information content (AvgIpc) is 2.95. The van der Waals surface area contributed by atoms with Crippen LogP contribution in [-0.4, -0.2) is 16.2 Å². The third-order valence-electron chi connectivity index (χ3n) is 2.35. The van der Waals surface area contributed by atoms with E-state index in [1.165, 1.54) is 0 Å². The lowest BCUT2D eigenvalue weighted by atomic mass is 10.3. The molecule has 3 rings (SSSR count). The molecule has 0 saturated heterocycles. The number of hydrogen-bond donors (Lipinski definition) is 2. The first-order valence-corrected chi connectivity index (χ1v) is 6.91. The molecule has 2 N–H and O–H groups in total. The second kappa shape index (κ2) is 4.91. The van der Waals surface area contributed by atoms with Gasteiger partial charge in [-0.1, -0.05) is 12.1 Å². The van der Waals surface area contributed by atoms with Crippen LogP contribution in [0.25, 0.3) is 11.0 Å². The van der Waals surface area contributed by atoms with Crippen molar-refractivity contribution in [2.24, 2.45) is 5.10 Å². The number of rotatable bonds is 3. The minimum absolute atomic E-state index is 0.642. The lowest BCUT2D eigenvalue weighted by Gasteiger charge is -1.91. The van der Waals surface area contributed by atoms with E-state index in [0.29, 0.717) is 5.95 Å². The Morgan fingerprint density at radius 2 is 2.17 bits per heavy atom. The Bertz CT molecular complexity index is 668. The first kappa shape index (κ1) is 11.4. The van der Waals surface area contributed by atoms with Crippen molar-refractivity contribution in [2.75, 3.05) is 5.43 Å². The molecule has 0 saturated carbocycles. The fourth-order valence-electron chi connectivity index (χ4n) is 1.56. The Morgan fingerprint density at radius 1 is 1.28 bits per heavy atom. The fraction of sp³-hybridized carbons (Fsp3) is 0. The van der Waals surface area contributed by atoms with E-state index in [4.69, 9.17) is 0 Å². The van der Waals surface area contributed by atoms with Gasteiger partial charge in [-0.25, -0.2) is 10.4 Å². The van der Waals surface area contributed by atoms with Crippen molar-refractivity contribution in [1.82, 2.24) is 9.97 Å². The van der Waals surface area contributed by atoms with Crippen molar-refractivity contribution in [2.45, 2.75) is 0 Å². The molecule has 0 amide bonds. The van der Waals surface area contributed by atoms with E-state index in [0.717, 1.165) is 19.7 Å². The molecule has 0 aliphatic carbocycles. The van der Waals surface area contributed by atoms with Crippen molar-refractivity contribution in [3.05, 3.63) is 45.1 Å². The van der Waals surface area contributed by atoms with Crippen LogP contribution in [0.5, 0.6) is 0 Å². The second-order valence-electron chi connectivity index (χ2n) is 3.61. The van der Waals surface area contributed by atoms with E-state index in [9.17, 15) is 0 Å². The number of aromatic nitrogens is 2. The van der Waals surface area contributed by atoms with Gasteiger partial charge in [-0.05, 0) is 40.2 Å². The highest BCUT2D eigenvalue weighted by molar-refractivity contribution is 9.11. The van der Waals surface area contributed by atoms with Crippen LogP contribution in [0.15, 0.2) is 45.3 Å². The SMILES string of the molecule is Brc1ccc(/C=N\Nc2nc3ccccc3[nH]2)s1. The quantitative estimate of drug-likeness (QED) is 0.569. The van der Waals surface area contributed by atoms with Gasteiger partial charge in [0, 0.05) is 4.88 Å². The number of para-hydroxylation sites is 2. The molecule has 0 spiro atoms. The third kappa shape index (κ3) is 2.44. The van der Waals surface area contributed by atoms with Gasteiger partial charge >= 0.3 is 0 Å². The van der Waals surface area contributed by atoms with Gasteiger partial charge in [-0.15, -0.1) is 11.3 Å². The summed E-state index contributed by atoms with van der Waals surface area (Å²) in [6, 6.07) is 11.9. The maximum Gasteiger partial charge on any atom is 0.222 e. The van der Waals surface area contributed by atoms with Crippen molar-refractivity contribution in [1.29, 1.82) is 0 Å². The largest absolute Gasteiger partial charge is 0.323 e. The summed E-state index contributed by atoms with van der Waals surface area (Å²) >= 11 is 5.03. The number of H-pyrrole nitrogens is 1. The molecule has 90 valence electrons. The second-order valence-corrected chi connectivity index (χ2v) is 6.11. The van der Waals surface area contributed by atoms with Crippen molar-refractivity contribution in [3.63, 3.8) is 0 Å². The summed E-state index contributed by atoms with van der Waals surface area (Å²) < 4.78 is 1.09. The minimum atomic E-state index is 0.642. The number of anilines is 1. The summed E-state index contributed by atoms with van der Waals surface area (Å²) in [5.74, 6) is 0.642.